The number of aromatic carboxylic acids is 1. The zero-order valence-electron chi connectivity index (χ0n) is 11.8. The van der Waals surface area contributed by atoms with E-state index in [-0.39, 0.29) is 16.1 Å². The van der Waals surface area contributed by atoms with Gasteiger partial charge in [0.25, 0.3) is 10.0 Å². The Morgan fingerprint density at radius 3 is 2.48 bits per heavy atom. The summed E-state index contributed by atoms with van der Waals surface area (Å²) < 4.78 is 27.3. The number of aromatic amines is 1. The van der Waals surface area contributed by atoms with Crippen LogP contribution >= 0.6 is 0 Å². The van der Waals surface area contributed by atoms with Gasteiger partial charge >= 0.3 is 5.97 Å². The molecule has 0 aliphatic rings. The Morgan fingerprint density at radius 1 is 1.29 bits per heavy atom. The first kappa shape index (κ1) is 15.0. The molecule has 0 spiro atoms. The van der Waals surface area contributed by atoms with Gasteiger partial charge in [-0.1, -0.05) is 12.1 Å². The third kappa shape index (κ3) is 2.75. The quantitative estimate of drug-likeness (QED) is 0.797. The highest BCUT2D eigenvalue weighted by Gasteiger charge is 2.25. The molecule has 1 aromatic carbocycles. The highest BCUT2D eigenvalue weighted by atomic mass is 32.2. The van der Waals surface area contributed by atoms with Gasteiger partial charge in [0, 0.05) is 0 Å². The van der Waals surface area contributed by atoms with E-state index >= 15 is 0 Å². The van der Waals surface area contributed by atoms with E-state index in [2.05, 4.69) is 14.9 Å². The van der Waals surface area contributed by atoms with Crippen molar-refractivity contribution in [3.05, 3.63) is 40.7 Å². The van der Waals surface area contributed by atoms with E-state index in [1.165, 1.54) is 6.07 Å². The molecule has 1 aromatic heterocycles. The van der Waals surface area contributed by atoms with Crippen molar-refractivity contribution in [2.24, 2.45) is 0 Å². The summed E-state index contributed by atoms with van der Waals surface area (Å²) in [6, 6.07) is 4.55. The number of hydrogen-bond donors (Lipinski definition) is 3. The summed E-state index contributed by atoms with van der Waals surface area (Å²) in [6.07, 6.45) is 0. The molecule has 112 valence electrons. The Morgan fingerprint density at radius 2 is 1.95 bits per heavy atom. The number of H-pyrrole nitrogens is 1. The van der Waals surface area contributed by atoms with Crippen molar-refractivity contribution in [1.29, 1.82) is 0 Å². The third-order valence-corrected chi connectivity index (χ3v) is 4.68. The molecule has 1 heterocycles. The fraction of sp³-hybridized carbons (Fsp3) is 0.231. The molecule has 0 unspecified atom stereocenters. The number of benzene rings is 1. The Balaban J connectivity index is 2.55. The number of sulfonamides is 1. The molecular formula is C13H15N3O4S. The first-order chi connectivity index (χ1) is 9.74. The van der Waals surface area contributed by atoms with Crippen LogP contribution in [0.5, 0.6) is 0 Å². The van der Waals surface area contributed by atoms with Crippen molar-refractivity contribution in [2.75, 3.05) is 4.72 Å². The summed E-state index contributed by atoms with van der Waals surface area (Å²) >= 11 is 0. The van der Waals surface area contributed by atoms with Crippen LogP contribution < -0.4 is 4.72 Å². The lowest BCUT2D eigenvalue weighted by molar-refractivity contribution is 0.0698. The molecule has 0 amide bonds. The highest BCUT2D eigenvalue weighted by Crippen LogP contribution is 2.26. The maximum Gasteiger partial charge on any atom is 0.337 e. The number of hydrogen-bond acceptors (Lipinski definition) is 4. The summed E-state index contributed by atoms with van der Waals surface area (Å²) in [7, 11) is -3.92. The molecule has 8 heteroatoms. The van der Waals surface area contributed by atoms with Gasteiger partial charge in [0.2, 0.25) is 0 Å². The number of nitrogens with zero attached hydrogens (tertiary/aromatic N) is 1. The van der Waals surface area contributed by atoms with E-state index < -0.39 is 16.0 Å². The molecule has 0 fully saturated rings. The lowest BCUT2D eigenvalue weighted by Gasteiger charge is -2.13. The van der Waals surface area contributed by atoms with Crippen LogP contribution in [0.25, 0.3) is 0 Å². The molecule has 7 nitrogen and oxygen atoms in total. The molecule has 0 radical (unpaired) electrons. The number of carboxylic acid groups (broad SMARTS) is 1. The van der Waals surface area contributed by atoms with Gasteiger partial charge in [0.05, 0.1) is 22.6 Å². The monoisotopic (exact) mass is 309 g/mol. The minimum atomic E-state index is -3.92. The molecule has 3 N–H and O–H groups in total. The van der Waals surface area contributed by atoms with Crippen LogP contribution in [0.3, 0.4) is 0 Å². The summed E-state index contributed by atoms with van der Waals surface area (Å²) in [4.78, 5) is 11.3. The maximum atomic E-state index is 12.5. The number of carbonyl (C=O) groups is 1. The molecule has 2 aromatic rings. The minimum absolute atomic E-state index is 0.0297. The van der Waals surface area contributed by atoms with E-state index in [0.29, 0.717) is 17.0 Å². The Bertz CT molecular complexity index is 789. The molecule has 2 rings (SSSR count). The van der Waals surface area contributed by atoms with Crippen molar-refractivity contribution in [3.63, 3.8) is 0 Å². The van der Waals surface area contributed by atoms with Gasteiger partial charge in [0.1, 0.15) is 4.90 Å². The second-order valence-electron chi connectivity index (χ2n) is 4.67. The molecule has 0 saturated carbocycles. The molecular weight excluding hydrogens is 294 g/mol. The highest BCUT2D eigenvalue weighted by molar-refractivity contribution is 7.92. The number of rotatable bonds is 4. The van der Waals surface area contributed by atoms with E-state index in [0.717, 1.165) is 0 Å². The number of carboxylic acids is 1. The lowest BCUT2D eigenvalue weighted by atomic mass is 10.1. The summed E-state index contributed by atoms with van der Waals surface area (Å²) in [5.41, 5.74) is 1.20. The van der Waals surface area contributed by atoms with Gasteiger partial charge < -0.3 is 5.11 Å². The number of aryl methyl sites for hydroxylation is 3. The van der Waals surface area contributed by atoms with Gasteiger partial charge in [-0.25, -0.2) is 13.2 Å². The Hall–Kier alpha value is -2.35. The van der Waals surface area contributed by atoms with Crippen molar-refractivity contribution in [2.45, 2.75) is 25.7 Å². The molecule has 21 heavy (non-hydrogen) atoms. The normalized spacial score (nSPS) is 11.4. The maximum absolute atomic E-state index is 12.5. The predicted molar refractivity (Wildman–Crippen MR) is 77.0 cm³/mol. The van der Waals surface area contributed by atoms with Gasteiger partial charge in [-0.3, -0.25) is 9.82 Å². The number of nitrogens with one attached hydrogen (secondary N) is 2. The molecule has 0 bridgehead atoms. The van der Waals surface area contributed by atoms with Crippen LogP contribution in [0.1, 0.15) is 27.3 Å². The van der Waals surface area contributed by atoms with Crippen molar-refractivity contribution >= 4 is 21.7 Å². The van der Waals surface area contributed by atoms with Gasteiger partial charge in [-0.05, 0) is 32.4 Å². The topological polar surface area (TPSA) is 112 Å². The van der Waals surface area contributed by atoms with Crippen molar-refractivity contribution < 1.29 is 18.3 Å². The van der Waals surface area contributed by atoms with E-state index in [9.17, 15) is 18.3 Å². The zero-order valence-corrected chi connectivity index (χ0v) is 12.6. The molecule has 0 atom stereocenters. The van der Waals surface area contributed by atoms with Crippen LogP contribution in [0.2, 0.25) is 0 Å². The van der Waals surface area contributed by atoms with Gasteiger partial charge in [-0.15, -0.1) is 0 Å². The van der Waals surface area contributed by atoms with Crippen LogP contribution in [-0.2, 0) is 10.0 Å². The van der Waals surface area contributed by atoms with Crippen molar-refractivity contribution in [3.8, 4) is 0 Å². The van der Waals surface area contributed by atoms with E-state index in [1.807, 2.05) is 0 Å². The second-order valence-corrected chi connectivity index (χ2v) is 6.29. The zero-order chi connectivity index (χ0) is 15.8. The molecule has 0 aliphatic heterocycles. The van der Waals surface area contributed by atoms with Crippen LogP contribution in [0.4, 0.5) is 5.69 Å². The summed E-state index contributed by atoms with van der Waals surface area (Å²) in [5.74, 6) is -1.20. The SMILES string of the molecule is Cc1cccc(C(=O)O)c1NS(=O)(=O)c1c(C)n[nH]c1C. The molecule has 0 saturated heterocycles. The number of anilines is 1. The largest absolute Gasteiger partial charge is 0.478 e. The van der Waals surface area contributed by atoms with Crippen molar-refractivity contribution in [1.82, 2.24) is 10.2 Å². The van der Waals surface area contributed by atoms with Crippen LogP contribution in [-0.4, -0.2) is 29.7 Å². The number of aromatic nitrogens is 2. The first-order valence-electron chi connectivity index (χ1n) is 6.11. The predicted octanol–water partition coefficient (Wildman–Crippen LogP) is 1.83. The minimum Gasteiger partial charge on any atom is -0.478 e. The van der Waals surface area contributed by atoms with Crippen LogP contribution in [0.15, 0.2) is 23.1 Å². The standard InChI is InChI=1S/C13H15N3O4S/c1-7-5-4-6-10(13(17)18)11(7)16-21(19,20)12-8(2)14-15-9(12)3/h4-6,16H,1-3H3,(H,14,15)(H,17,18). The smallest absolute Gasteiger partial charge is 0.337 e. The lowest BCUT2D eigenvalue weighted by Crippen LogP contribution is -2.17. The van der Waals surface area contributed by atoms with Gasteiger partial charge in [-0.2, -0.15) is 5.10 Å². The van der Waals surface area contributed by atoms with E-state index in [4.69, 9.17) is 0 Å². The van der Waals surface area contributed by atoms with Crippen LogP contribution in [0, 0.1) is 20.8 Å². The van der Waals surface area contributed by atoms with Gasteiger partial charge in [0.15, 0.2) is 0 Å². The average Bonchev–Trinajstić information content (AvgIpc) is 2.71. The fourth-order valence-electron chi connectivity index (χ4n) is 2.10. The fourth-order valence-corrected chi connectivity index (χ4v) is 3.63. The Labute approximate surface area is 122 Å². The first-order valence-corrected chi connectivity index (χ1v) is 7.59. The number of para-hydroxylation sites is 1. The third-order valence-electron chi connectivity index (χ3n) is 3.07. The summed E-state index contributed by atoms with van der Waals surface area (Å²) in [6.45, 7) is 4.79. The van der Waals surface area contributed by atoms with E-state index in [1.54, 1.807) is 32.9 Å². The second kappa shape index (κ2) is 5.21. The Kier molecular flexibility index (Phi) is 3.73. The molecule has 0 aliphatic carbocycles. The average molecular weight is 309 g/mol. The summed E-state index contributed by atoms with van der Waals surface area (Å²) in [5, 5.41) is 15.6.